The lowest BCUT2D eigenvalue weighted by Gasteiger charge is -2.70. The minimum absolute atomic E-state index is 0.0716. The molecule has 0 unspecified atom stereocenters. The summed E-state index contributed by atoms with van der Waals surface area (Å²) in [5.74, 6) is -0.401. The van der Waals surface area contributed by atoms with Crippen molar-refractivity contribution < 1.29 is 42.1 Å². The number of hydrogen-bond donors (Lipinski definition) is 3. The monoisotopic (exact) mass is 538 g/mol. The smallest absolute Gasteiger partial charge is 0.480 e. The van der Waals surface area contributed by atoms with Crippen LogP contribution in [-0.4, -0.2) is 59.3 Å². The molecule has 0 spiro atoms. The molecule has 1 aromatic rings. The van der Waals surface area contributed by atoms with Gasteiger partial charge in [0.05, 0.1) is 28.4 Å². The van der Waals surface area contributed by atoms with Crippen LogP contribution in [0.25, 0.3) is 0 Å². The number of carbonyl (C=O) groups is 2. The van der Waals surface area contributed by atoms with Crippen LogP contribution < -0.4 is 15.4 Å². The maximum absolute atomic E-state index is 12.8. The molecule has 0 radical (unpaired) electrons. The van der Waals surface area contributed by atoms with Crippen molar-refractivity contribution in [2.24, 2.45) is 0 Å². The highest BCUT2D eigenvalue weighted by atomic mass is 35.5. The zero-order valence-electron chi connectivity index (χ0n) is 18.3. The fourth-order valence-corrected chi connectivity index (χ4v) is 5.78. The van der Waals surface area contributed by atoms with E-state index in [1.807, 2.05) is 0 Å². The minimum Gasteiger partial charge on any atom is -0.480 e. The highest BCUT2D eigenvalue weighted by molar-refractivity contribution is 6.42. The maximum Gasteiger partial charge on any atom is 0.522 e. The van der Waals surface area contributed by atoms with Crippen molar-refractivity contribution >= 4 is 35.0 Å². The van der Waals surface area contributed by atoms with Gasteiger partial charge in [-0.05, 0) is 25.3 Å². The molecule has 1 aliphatic heterocycles. The van der Waals surface area contributed by atoms with E-state index in [1.165, 1.54) is 12.1 Å². The third-order valence-electron chi connectivity index (χ3n) is 7.04. The zero-order chi connectivity index (χ0) is 25.2. The average molecular weight is 539 g/mol. The van der Waals surface area contributed by atoms with Crippen molar-refractivity contribution in [3.05, 3.63) is 27.7 Å². The predicted octanol–water partition coefficient (Wildman–Crippen LogP) is 3.17. The summed E-state index contributed by atoms with van der Waals surface area (Å²) >= 11 is 12.0. The average Bonchev–Trinajstić information content (AvgIpc) is 2.67. The van der Waals surface area contributed by atoms with Crippen molar-refractivity contribution in [1.82, 2.24) is 10.6 Å². The predicted molar refractivity (Wildman–Crippen MR) is 116 cm³/mol. The molecule has 8 nitrogen and oxygen atoms in total. The molecule has 1 aromatic carbocycles. The molecule has 4 fully saturated rings. The fraction of sp³-hybridized carbons (Fsp3) is 0.636. The molecule has 0 saturated heterocycles. The summed E-state index contributed by atoms with van der Waals surface area (Å²) in [6.45, 7) is -0.246. The summed E-state index contributed by atoms with van der Waals surface area (Å²) in [4.78, 5) is 25.0. The van der Waals surface area contributed by atoms with E-state index in [0.717, 1.165) is 0 Å². The lowest BCUT2D eigenvalue weighted by atomic mass is 9.44. The van der Waals surface area contributed by atoms with E-state index < -0.39 is 41.9 Å². The first-order valence-electron chi connectivity index (χ1n) is 11.2. The van der Waals surface area contributed by atoms with Gasteiger partial charge in [0.15, 0.2) is 6.10 Å². The van der Waals surface area contributed by atoms with Crippen molar-refractivity contribution in [2.75, 3.05) is 6.61 Å². The number of ether oxygens (including phenoxy) is 3. The van der Waals surface area contributed by atoms with E-state index in [0.29, 0.717) is 30.6 Å². The molecule has 1 heterocycles. The first kappa shape index (κ1) is 24.9. The Labute approximate surface area is 208 Å². The molecule has 2 atom stereocenters. The first-order chi connectivity index (χ1) is 16.3. The number of benzene rings is 1. The quantitative estimate of drug-likeness (QED) is 0.492. The minimum atomic E-state index is -4.67. The first-order valence-corrected chi connectivity index (χ1v) is 11.9. The Hall–Kier alpha value is -1.79. The molecular weight excluding hydrogens is 516 g/mol. The number of aliphatic hydroxyl groups excluding tert-OH is 1. The van der Waals surface area contributed by atoms with Crippen LogP contribution in [-0.2, 0) is 19.1 Å². The standard InChI is InChI=1S/C22H23Cl2F3N2O6/c23-13-3-12-15(30)5-17(34-16(12)4-14(13)24)19(32)29-21-7-20(8-21,9-21)28-18(31)6-33-10-1-11(2-10)35-22(25,26)27/h3-4,10-11,15,17,30H,1-2,5-9H2,(H,28,31)(H,29,32)/t10?,11?,15-,17+,20?,21?/m1/s1. The van der Waals surface area contributed by atoms with Crippen LogP contribution >= 0.6 is 23.2 Å². The molecule has 35 heavy (non-hydrogen) atoms. The van der Waals surface area contributed by atoms with Gasteiger partial charge in [-0.2, -0.15) is 0 Å². The second-order valence-corrected chi connectivity index (χ2v) is 10.7. The normalized spacial score (nSPS) is 34.9. The number of amides is 2. The van der Waals surface area contributed by atoms with E-state index >= 15 is 0 Å². The van der Waals surface area contributed by atoms with E-state index in [-0.39, 0.29) is 47.7 Å². The molecular formula is C22H23Cl2F3N2O6. The summed E-state index contributed by atoms with van der Waals surface area (Å²) in [6, 6.07) is 3.00. The van der Waals surface area contributed by atoms with Crippen molar-refractivity contribution in [3.8, 4) is 5.75 Å². The molecule has 2 bridgehead atoms. The van der Waals surface area contributed by atoms with Crippen LogP contribution in [0.2, 0.25) is 10.0 Å². The molecule has 5 aliphatic rings. The Balaban J connectivity index is 1.04. The number of fused-ring (bicyclic) bond motifs is 1. The van der Waals surface area contributed by atoms with Gasteiger partial charge in [-0.3, -0.25) is 14.3 Å². The Morgan fingerprint density at radius 3 is 2.34 bits per heavy atom. The van der Waals surface area contributed by atoms with E-state index in [1.54, 1.807) is 0 Å². The van der Waals surface area contributed by atoms with Gasteiger partial charge in [-0.15, -0.1) is 13.2 Å². The van der Waals surface area contributed by atoms with Gasteiger partial charge in [0.2, 0.25) is 5.91 Å². The number of alkyl halides is 3. The molecule has 13 heteroatoms. The highest BCUT2D eigenvalue weighted by Gasteiger charge is 2.69. The van der Waals surface area contributed by atoms with Crippen molar-refractivity contribution in [3.63, 3.8) is 0 Å². The van der Waals surface area contributed by atoms with Gasteiger partial charge in [0, 0.05) is 42.0 Å². The second kappa shape index (κ2) is 8.65. The van der Waals surface area contributed by atoms with Crippen LogP contribution in [0, 0.1) is 0 Å². The fourth-order valence-electron chi connectivity index (χ4n) is 5.46. The molecule has 0 aromatic heterocycles. The summed E-state index contributed by atoms with van der Waals surface area (Å²) in [7, 11) is 0. The van der Waals surface area contributed by atoms with Crippen LogP contribution in [0.5, 0.6) is 5.75 Å². The van der Waals surface area contributed by atoms with Gasteiger partial charge < -0.3 is 25.2 Å². The van der Waals surface area contributed by atoms with Crippen molar-refractivity contribution in [2.45, 2.75) is 80.4 Å². The van der Waals surface area contributed by atoms with Crippen LogP contribution in [0.15, 0.2) is 12.1 Å². The molecule has 4 saturated carbocycles. The number of rotatable bonds is 7. The van der Waals surface area contributed by atoms with Crippen LogP contribution in [0.1, 0.15) is 50.2 Å². The molecule has 6 rings (SSSR count). The lowest BCUT2D eigenvalue weighted by Crippen LogP contribution is -2.84. The third-order valence-corrected chi connectivity index (χ3v) is 7.76. The Kier molecular flexibility index (Phi) is 6.15. The van der Waals surface area contributed by atoms with Crippen molar-refractivity contribution in [1.29, 1.82) is 0 Å². The SMILES string of the molecule is O=C(COC1CC(OC(F)(F)F)C1)NC12CC(NC(=O)[C@@H]3C[C@@H](O)c4cc(Cl)c(Cl)cc4O3)(C1)C2. The zero-order valence-corrected chi connectivity index (χ0v) is 19.8. The molecule has 3 N–H and O–H groups in total. The summed E-state index contributed by atoms with van der Waals surface area (Å²) in [5.41, 5.74) is -0.379. The Bertz CT molecular complexity index is 1030. The Morgan fingerprint density at radius 2 is 1.69 bits per heavy atom. The van der Waals surface area contributed by atoms with Gasteiger partial charge in [0.25, 0.3) is 5.91 Å². The third kappa shape index (κ3) is 5.06. The van der Waals surface area contributed by atoms with Gasteiger partial charge >= 0.3 is 6.36 Å². The lowest BCUT2D eigenvalue weighted by molar-refractivity contribution is -0.357. The number of carbonyl (C=O) groups excluding carboxylic acids is 2. The molecule has 4 aliphatic carbocycles. The second-order valence-electron chi connectivity index (χ2n) is 9.88. The van der Waals surface area contributed by atoms with Gasteiger partial charge in [-0.1, -0.05) is 23.2 Å². The molecule has 192 valence electrons. The number of hydrogen-bond acceptors (Lipinski definition) is 6. The van der Waals surface area contributed by atoms with Crippen LogP contribution in [0.4, 0.5) is 13.2 Å². The highest BCUT2D eigenvalue weighted by Crippen LogP contribution is 2.60. The van der Waals surface area contributed by atoms with E-state index in [2.05, 4.69) is 15.4 Å². The summed E-state index contributed by atoms with van der Waals surface area (Å²) < 4.78 is 51.4. The number of halogens is 5. The van der Waals surface area contributed by atoms with Crippen LogP contribution in [0.3, 0.4) is 0 Å². The number of aliphatic hydroxyl groups is 1. The summed E-state index contributed by atoms with van der Waals surface area (Å²) in [5, 5.41) is 16.8. The molecule has 2 amide bonds. The van der Waals surface area contributed by atoms with E-state index in [9.17, 15) is 27.9 Å². The van der Waals surface area contributed by atoms with Gasteiger partial charge in [-0.25, -0.2) is 0 Å². The topological polar surface area (TPSA) is 106 Å². The largest absolute Gasteiger partial charge is 0.522 e. The maximum atomic E-state index is 12.8. The van der Waals surface area contributed by atoms with E-state index in [4.69, 9.17) is 32.7 Å². The van der Waals surface area contributed by atoms with Gasteiger partial charge in [0.1, 0.15) is 12.4 Å². The number of nitrogens with one attached hydrogen (secondary N) is 2. The summed E-state index contributed by atoms with van der Waals surface area (Å²) in [6.07, 6.45) is -5.94. The Morgan fingerprint density at radius 1 is 1.06 bits per heavy atom.